The van der Waals surface area contributed by atoms with Crippen molar-refractivity contribution in [2.24, 2.45) is 0 Å². The second-order valence-corrected chi connectivity index (χ2v) is 8.98. The van der Waals surface area contributed by atoms with Crippen LogP contribution in [-0.4, -0.2) is 34.2 Å². The van der Waals surface area contributed by atoms with Gasteiger partial charge >= 0.3 is 12.2 Å². The van der Waals surface area contributed by atoms with Gasteiger partial charge in [0.25, 0.3) is 0 Å². The third-order valence-corrected chi connectivity index (χ3v) is 3.93. The Kier molecular flexibility index (Phi) is 7.42. The summed E-state index contributed by atoms with van der Waals surface area (Å²) in [7, 11) is 0. The third-order valence-electron chi connectivity index (χ3n) is 3.08. The molecule has 0 aliphatic heterocycles. The van der Waals surface area contributed by atoms with Crippen molar-refractivity contribution in [1.29, 1.82) is 5.41 Å². The molecule has 0 bridgehead atoms. The Bertz CT molecular complexity index is 721. The minimum Gasteiger partial charge on any atom is -0.444 e. The Hall–Kier alpha value is -2.09. The Morgan fingerprint density at radius 1 is 1.11 bits per heavy atom. The van der Waals surface area contributed by atoms with Crippen molar-refractivity contribution in [2.75, 3.05) is 0 Å². The molecule has 0 aliphatic rings. The van der Waals surface area contributed by atoms with Crippen molar-refractivity contribution in [1.82, 2.24) is 10.2 Å². The monoisotopic (exact) mass is 441 g/mol. The van der Waals surface area contributed by atoms with E-state index in [1.165, 1.54) is 0 Å². The number of amides is 2. The highest BCUT2D eigenvalue weighted by atomic mass is 79.9. The fourth-order valence-electron chi connectivity index (χ4n) is 1.94. The lowest BCUT2D eigenvalue weighted by atomic mass is 10.1. The maximum absolute atomic E-state index is 12.6. The maximum Gasteiger partial charge on any atom is 0.417 e. The predicted molar refractivity (Wildman–Crippen MR) is 108 cm³/mol. The number of nitrogens with zero attached hydrogens (tertiary/aromatic N) is 1. The number of aryl methyl sites for hydroxylation is 1. The van der Waals surface area contributed by atoms with E-state index in [2.05, 4.69) is 21.2 Å². The molecule has 0 heterocycles. The quantitative estimate of drug-likeness (QED) is 0.501. The van der Waals surface area contributed by atoms with Crippen LogP contribution in [0.25, 0.3) is 0 Å². The maximum atomic E-state index is 12.6. The minimum atomic E-state index is -0.814. The van der Waals surface area contributed by atoms with Gasteiger partial charge in [0.05, 0.1) is 6.54 Å². The molecule has 0 saturated heterocycles. The van der Waals surface area contributed by atoms with Gasteiger partial charge in [-0.2, -0.15) is 0 Å². The molecule has 2 N–H and O–H groups in total. The van der Waals surface area contributed by atoms with Crippen molar-refractivity contribution >= 4 is 34.1 Å². The number of nitrogens with one attached hydrogen (secondary N) is 2. The van der Waals surface area contributed by atoms with Crippen LogP contribution < -0.4 is 5.32 Å². The third kappa shape index (κ3) is 8.43. The number of benzene rings is 1. The number of carbonyl (C=O) groups is 2. The summed E-state index contributed by atoms with van der Waals surface area (Å²) in [5, 5.41) is 10.5. The molecule has 0 aromatic heterocycles. The summed E-state index contributed by atoms with van der Waals surface area (Å²) in [6.07, 6.45) is -1.55. The molecule has 150 valence electrons. The van der Waals surface area contributed by atoms with E-state index in [-0.39, 0.29) is 6.54 Å². The van der Waals surface area contributed by atoms with Crippen LogP contribution in [0.15, 0.2) is 22.7 Å². The van der Waals surface area contributed by atoms with Crippen LogP contribution in [0.5, 0.6) is 0 Å². The minimum absolute atomic E-state index is 0.0580. The molecule has 0 fully saturated rings. The smallest absolute Gasteiger partial charge is 0.417 e. The Morgan fingerprint density at radius 2 is 1.67 bits per heavy atom. The summed E-state index contributed by atoms with van der Waals surface area (Å²) in [6, 6.07) is 5.60. The molecule has 2 amide bonds. The number of hydrogen-bond donors (Lipinski definition) is 2. The van der Waals surface area contributed by atoms with E-state index < -0.39 is 29.3 Å². The molecule has 1 rings (SSSR count). The van der Waals surface area contributed by atoms with Crippen LogP contribution in [0, 0.1) is 12.3 Å². The van der Waals surface area contributed by atoms with Crippen LogP contribution in [0.3, 0.4) is 0 Å². The van der Waals surface area contributed by atoms with E-state index >= 15 is 0 Å². The number of carbonyl (C=O) groups excluding carboxylic acids is 2. The van der Waals surface area contributed by atoms with Gasteiger partial charge in [-0.1, -0.05) is 28.1 Å². The first-order chi connectivity index (χ1) is 12.2. The highest BCUT2D eigenvalue weighted by molar-refractivity contribution is 9.10. The van der Waals surface area contributed by atoms with Crippen LogP contribution in [-0.2, 0) is 16.0 Å². The van der Waals surface area contributed by atoms with Crippen LogP contribution >= 0.6 is 15.9 Å². The molecule has 8 heteroatoms. The average molecular weight is 442 g/mol. The summed E-state index contributed by atoms with van der Waals surface area (Å²) in [6.45, 7) is 12.3. The summed E-state index contributed by atoms with van der Waals surface area (Å²) < 4.78 is 11.4. The molecule has 0 saturated carbocycles. The number of halogens is 1. The van der Waals surface area contributed by atoms with Gasteiger partial charge < -0.3 is 9.47 Å². The lowest BCUT2D eigenvalue weighted by Crippen LogP contribution is -2.49. The van der Waals surface area contributed by atoms with E-state index in [1.54, 1.807) is 41.5 Å². The second-order valence-electron chi connectivity index (χ2n) is 8.13. The van der Waals surface area contributed by atoms with Crippen molar-refractivity contribution in [3.05, 3.63) is 33.8 Å². The fraction of sp³-hybridized carbons (Fsp3) is 0.526. The lowest BCUT2D eigenvalue weighted by Gasteiger charge is -2.28. The van der Waals surface area contributed by atoms with E-state index in [4.69, 9.17) is 14.9 Å². The molecule has 0 atom stereocenters. The topological polar surface area (TPSA) is 91.7 Å². The highest BCUT2D eigenvalue weighted by Gasteiger charge is 2.27. The molecule has 1 aromatic carbocycles. The van der Waals surface area contributed by atoms with E-state index in [1.807, 2.05) is 25.1 Å². The molecule has 0 spiro atoms. The van der Waals surface area contributed by atoms with Gasteiger partial charge in [-0.05, 0) is 65.7 Å². The predicted octanol–water partition coefficient (Wildman–Crippen LogP) is 4.95. The van der Waals surface area contributed by atoms with Gasteiger partial charge in [0, 0.05) is 4.47 Å². The van der Waals surface area contributed by atoms with Crippen molar-refractivity contribution in [3.63, 3.8) is 0 Å². The van der Waals surface area contributed by atoms with Gasteiger partial charge in [-0.25, -0.2) is 14.5 Å². The van der Waals surface area contributed by atoms with E-state index in [0.717, 1.165) is 20.5 Å². The summed E-state index contributed by atoms with van der Waals surface area (Å²) >= 11 is 3.45. The van der Waals surface area contributed by atoms with Crippen LogP contribution in [0.1, 0.15) is 52.7 Å². The fourth-order valence-corrected chi connectivity index (χ4v) is 2.36. The van der Waals surface area contributed by atoms with E-state index in [0.29, 0.717) is 0 Å². The first kappa shape index (κ1) is 23.0. The summed E-state index contributed by atoms with van der Waals surface area (Å²) in [4.78, 5) is 25.6. The molecule has 0 unspecified atom stereocenters. The van der Waals surface area contributed by atoms with E-state index in [9.17, 15) is 9.59 Å². The molecule has 27 heavy (non-hydrogen) atoms. The average Bonchev–Trinajstić information content (AvgIpc) is 2.44. The Morgan fingerprint density at radius 3 is 2.15 bits per heavy atom. The Balaban J connectivity index is 3.02. The molecule has 1 aromatic rings. The number of guanidine groups is 1. The zero-order chi connectivity index (χ0) is 21.0. The van der Waals surface area contributed by atoms with Crippen LogP contribution in [0.2, 0.25) is 0 Å². The first-order valence-electron chi connectivity index (χ1n) is 8.52. The second kappa shape index (κ2) is 8.73. The normalized spacial score (nSPS) is 11.6. The van der Waals surface area contributed by atoms with Gasteiger partial charge in [0.2, 0.25) is 5.96 Å². The number of ether oxygens (including phenoxy) is 2. The van der Waals surface area contributed by atoms with Crippen molar-refractivity contribution in [3.8, 4) is 0 Å². The largest absolute Gasteiger partial charge is 0.444 e. The molecular weight excluding hydrogens is 414 g/mol. The molecular formula is C19H28BrN3O4. The zero-order valence-electron chi connectivity index (χ0n) is 16.9. The highest BCUT2D eigenvalue weighted by Crippen LogP contribution is 2.20. The summed E-state index contributed by atoms with van der Waals surface area (Å²) in [5.41, 5.74) is 0.358. The zero-order valence-corrected chi connectivity index (χ0v) is 18.5. The number of hydrogen-bond acceptors (Lipinski definition) is 5. The lowest BCUT2D eigenvalue weighted by molar-refractivity contribution is 0.0346. The standard InChI is InChI=1S/C19H28BrN3O4/c1-12-8-9-13(10-14(12)20)11-23(17(25)27-19(5,6)7)15(21)22-16(24)26-18(2,3)4/h8-10H,11H2,1-7H3,(H2,21,22,24). The first-order valence-corrected chi connectivity index (χ1v) is 9.31. The van der Waals surface area contributed by atoms with Crippen molar-refractivity contribution < 1.29 is 19.1 Å². The van der Waals surface area contributed by atoms with Gasteiger partial charge in [0.1, 0.15) is 11.2 Å². The van der Waals surface area contributed by atoms with Crippen LogP contribution in [0.4, 0.5) is 9.59 Å². The van der Waals surface area contributed by atoms with Gasteiger partial charge in [-0.15, -0.1) is 0 Å². The number of alkyl carbamates (subject to hydrolysis) is 1. The molecule has 0 radical (unpaired) electrons. The summed E-state index contributed by atoms with van der Waals surface area (Å²) in [5.74, 6) is -0.421. The Labute approximate surface area is 169 Å². The molecule has 7 nitrogen and oxygen atoms in total. The number of rotatable bonds is 2. The van der Waals surface area contributed by atoms with Gasteiger partial charge in [-0.3, -0.25) is 10.7 Å². The SMILES string of the molecule is Cc1ccc(CN(C(=N)NC(=O)OC(C)(C)C)C(=O)OC(C)(C)C)cc1Br. The molecule has 0 aliphatic carbocycles. The van der Waals surface area contributed by atoms with Gasteiger partial charge in [0.15, 0.2) is 0 Å². The van der Waals surface area contributed by atoms with Crippen molar-refractivity contribution in [2.45, 2.75) is 66.2 Å².